The molecule has 0 aliphatic heterocycles. The summed E-state index contributed by atoms with van der Waals surface area (Å²) >= 11 is 0. The Morgan fingerprint density at radius 3 is 2.70 bits per heavy atom. The number of hydrogen-bond acceptors (Lipinski definition) is 4. The first-order chi connectivity index (χ1) is 9.65. The standard InChI is InChI=1S/C15H18N4O/c1-19(9-7-13-4-2-3-8-17-13)15(20)10-14-6-5-12(16)11-18-14/h2-6,8,11H,7,9-10,16H2,1H3. The van der Waals surface area contributed by atoms with Crippen LogP contribution < -0.4 is 5.73 Å². The molecule has 0 aliphatic carbocycles. The highest BCUT2D eigenvalue weighted by atomic mass is 16.2. The van der Waals surface area contributed by atoms with Gasteiger partial charge in [-0.1, -0.05) is 6.07 Å². The summed E-state index contributed by atoms with van der Waals surface area (Å²) in [5.41, 5.74) is 7.88. The lowest BCUT2D eigenvalue weighted by Gasteiger charge is -2.16. The minimum atomic E-state index is 0.0400. The number of anilines is 1. The van der Waals surface area contributed by atoms with Crippen molar-refractivity contribution in [2.24, 2.45) is 0 Å². The van der Waals surface area contributed by atoms with Gasteiger partial charge in [0.2, 0.25) is 5.91 Å². The molecule has 5 nitrogen and oxygen atoms in total. The van der Waals surface area contributed by atoms with Crippen LogP contribution in [0.3, 0.4) is 0 Å². The van der Waals surface area contributed by atoms with Crippen LogP contribution in [-0.4, -0.2) is 34.4 Å². The van der Waals surface area contributed by atoms with Crippen LogP contribution in [0.25, 0.3) is 0 Å². The fourth-order valence-corrected chi connectivity index (χ4v) is 1.78. The minimum absolute atomic E-state index is 0.0400. The maximum atomic E-state index is 12.1. The molecule has 1 amide bonds. The van der Waals surface area contributed by atoms with Crippen molar-refractivity contribution in [3.63, 3.8) is 0 Å². The zero-order valence-electron chi connectivity index (χ0n) is 11.5. The molecule has 0 radical (unpaired) electrons. The Hall–Kier alpha value is -2.43. The molecule has 0 aromatic carbocycles. The van der Waals surface area contributed by atoms with Gasteiger partial charge in [0.15, 0.2) is 0 Å². The van der Waals surface area contributed by atoms with Crippen molar-refractivity contribution >= 4 is 11.6 Å². The molecule has 0 aliphatic rings. The largest absolute Gasteiger partial charge is 0.397 e. The second kappa shape index (κ2) is 6.65. The molecular weight excluding hydrogens is 252 g/mol. The van der Waals surface area contributed by atoms with Gasteiger partial charge in [-0.05, 0) is 24.3 Å². The molecule has 2 N–H and O–H groups in total. The van der Waals surface area contributed by atoms with Crippen LogP contribution in [0.4, 0.5) is 5.69 Å². The van der Waals surface area contributed by atoms with Crippen molar-refractivity contribution in [3.8, 4) is 0 Å². The summed E-state index contributed by atoms with van der Waals surface area (Å²) in [6, 6.07) is 9.32. The highest BCUT2D eigenvalue weighted by Gasteiger charge is 2.10. The van der Waals surface area contributed by atoms with Gasteiger partial charge in [0.1, 0.15) is 0 Å². The van der Waals surface area contributed by atoms with Gasteiger partial charge < -0.3 is 10.6 Å². The molecule has 0 bridgehead atoms. The summed E-state index contributed by atoms with van der Waals surface area (Å²) in [5, 5.41) is 0. The third kappa shape index (κ3) is 4.05. The van der Waals surface area contributed by atoms with Gasteiger partial charge in [-0.2, -0.15) is 0 Å². The molecule has 0 saturated heterocycles. The van der Waals surface area contributed by atoms with Gasteiger partial charge in [0.25, 0.3) is 0 Å². The first-order valence-electron chi connectivity index (χ1n) is 6.49. The summed E-state index contributed by atoms with van der Waals surface area (Å²) in [4.78, 5) is 22.1. The van der Waals surface area contributed by atoms with Gasteiger partial charge in [-0.15, -0.1) is 0 Å². The van der Waals surface area contributed by atoms with E-state index in [0.29, 0.717) is 18.7 Å². The molecule has 2 aromatic heterocycles. The Labute approximate surface area is 118 Å². The van der Waals surface area contributed by atoms with Gasteiger partial charge in [-0.25, -0.2) is 0 Å². The second-order valence-electron chi connectivity index (χ2n) is 4.65. The number of carbonyl (C=O) groups excluding carboxylic acids is 1. The average Bonchev–Trinajstić information content (AvgIpc) is 2.48. The molecule has 2 aromatic rings. The van der Waals surface area contributed by atoms with Gasteiger partial charge in [-0.3, -0.25) is 14.8 Å². The second-order valence-corrected chi connectivity index (χ2v) is 4.65. The number of amides is 1. The molecule has 0 unspecified atom stereocenters. The van der Waals surface area contributed by atoms with Gasteiger partial charge in [0.05, 0.1) is 18.3 Å². The Kier molecular flexibility index (Phi) is 4.65. The van der Waals surface area contributed by atoms with E-state index in [1.165, 1.54) is 0 Å². The zero-order chi connectivity index (χ0) is 14.4. The van der Waals surface area contributed by atoms with Gasteiger partial charge in [0, 0.05) is 37.6 Å². The first kappa shape index (κ1) is 14.0. The van der Waals surface area contributed by atoms with E-state index in [-0.39, 0.29) is 5.91 Å². The fraction of sp³-hybridized carbons (Fsp3) is 0.267. The number of likely N-dealkylation sites (N-methyl/N-ethyl adjacent to an activating group) is 1. The molecule has 0 fully saturated rings. The molecule has 0 spiro atoms. The van der Waals surface area contributed by atoms with Crippen LogP contribution in [0.1, 0.15) is 11.4 Å². The van der Waals surface area contributed by atoms with Crippen molar-refractivity contribution in [3.05, 3.63) is 54.1 Å². The lowest BCUT2D eigenvalue weighted by atomic mass is 10.2. The number of hydrogen-bond donors (Lipinski definition) is 1. The summed E-state index contributed by atoms with van der Waals surface area (Å²) in [5.74, 6) is 0.0400. The van der Waals surface area contributed by atoms with E-state index in [9.17, 15) is 4.79 Å². The highest BCUT2D eigenvalue weighted by Crippen LogP contribution is 2.04. The Morgan fingerprint density at radius 1 is 1.20 bits per heavy atom. The van der Waals surface area contributed by atoms with E-state index < -0.39 is 0 Å². The normalized spacial score (nSPS) is 10.2. The number of aromatic nitrogens is 2. The molecule has 5 heteroatoms. The number of rotatable bonds is 5. The lowest BCUT2D eigenvalue weighted by molar-refractivity contribution is -0.129. The number of nitrogen functional groups attached to an aromatic ring is 1. The predicted molar refractivity (Wildman–Crippen MR) is 77.9 cm³/mol. The average molecular weight is 270 g/mol. The van der Waals surface area contributed by atoms with E-state index in [2.05, 4.69) is 9.97 Å². The summed E-state index contributed by atoms with van der Waals surface area (Å²) in [7, 11) is 1.79. The van der Waals surface area contributed by atoms with Crippen molar-refractivity contribution in [2.75, 3.05) is 19.3 Å². The smallest absolute Gasteiger partial charge is 0.228 e. The topological polar surface area (TPSA) is 72.1 Å². The first-order valence-corrected chi connectivity index (χ1v) is 6.49. The van der Waals surface area contributed by atoms with Crippen molar-refractivity contribution in [1.82, 2.24) is 14.9 Å². The lowest BCUT2D eigenvalue weighted by Crippen LogP contribution is -2.30. The van der Waals surface area contributed by atoms with Crippen LogP contribution in [0.2, 0.25) is 0 Å². The van der Waals surface area contributed by atoms with Crippen molar-refractivity contribution < 1.29 is 4.79 Å². The summed E-state index contributed by atoms with van der Waals surface area (Å²) in [6.07, 6.45) is 4.36. The molecule has 2 heterocycles. The van der Waals surface area contributed by atoms with Crippen LogP contribution in [0.5, 0.6) is 0 Å². The van der Waals surface area contributed by atoms with Crippen LogP contribution >= 0.6 is 0 Å². The number of nitrogens with two attached hydrogens (primary N) is 1. The third-order valence-electron chi connectivity index (χ3n) is 3.04. The van der Waals surface area contributed by atoms with E-state index in [1.807, 2.05) is 18.2 Å². The van der Waals surface area contributed by atoms with E-state index in [4.69, 9.17) is 5.73 Å². The molecule has 104 valence electrons. The number of carbonyl (C=O) groups is 1. The molecule has 0 atom stereocenters. The monoisotopic (exact) mass is 270 g/mol. The third-order valence-corrected chi connectivity index (χ3v) is 3.04. The quantitative estimate of drug-likeness (QED) is 0.889. The van der Waals surface area contributed by atoms with E-state index >= 15 is 0 Å². The Bertz CT molecular complexity index is 554. The Balaban J connectivity index is 1.84. The SMILES string of the molecule is CN(CCc1ccccn1)C(=O)Cc1ccc(N)cn1. The van der Waals surface area contributed by atoms with E-state index in [1.54, 1.807) is 36.5 Å². The van der Waals surface area contributed by atoms with Crippen LogP contribution in [0, 0.1) is 0 Å². The highest BCUT2D eigenvalue weighted by molar-refractivity contribution is 5.78. The molecule has 20 heavy (non-hydrogen) atoms. The van der Waals surface area contributed by atoms with Crippen LogP contribution in [0.15, 0.2) is 42.7 Å². The predicted octanol–water partition coefficient (Wildman–Crippen LogP) is 1.30. The maximum Gasteiger partial charge on any atom is 0.228 e. The number of pyridine rings is 2. The minimum Gasteiger partial charge on any atom is -0.397 e. The maximum absolute atomic E-state index is 12.1. The summed E-state index contributed by atoms with van der Waals surface area (Å²) in [6.45, 7) is 0.644. The molecule has 0 saturated carbocycles. The van der Waals surface area contributed by atoms with Crippen LogP contribution in [-0.2, 0) is 17.6 Å². The van der Waals surface area contributed by atoms with Crippen molar-refractivity contribution in [2.45, 2.75) is 12.8 Å². The van der Waals surface area contributed by atoms with Crippen molar-refractivity contribution in [1.29, 1.82) is 0 Å². The zero-order valence-corrected chi connectivity index (χ0v) is 11.5. The Morgan fingerprint density at radius 2 is 2.05 bits per heavy atom. The summed E-state index contributed by atoms with van der Waals surface area (Å²) < 4.78 is 0. The molecular formula is C15H18N4O. The fourth-order valence-electron chi connectivity index (χ4n) is 1.78. The van der Waals surface area contributed by atoms with Gasteiger partial charge >= 0.3 is 0 Å². The number of nitrogens with zero attached hydrogens (tertiary/aromatic N) is 3. The molecule has 2 rings (SSSR count). The van der Waals surface area contributed by atoms with E-state index in [0.717, 1.165) is 17.8 Å².